The molecule has 2 aromatic rings. The molecule has 0 saturated heterocycles. The monoisotopic (exact) mass is 173 g/mol. The van der Waals surface area contributed by atoms with E-state index in [9.17, 15) is 0 Å². The van der Waals surface area contributed by atoms with Crippen molar-refractivity contribution in [2.24, 2.45) is 0 Å². The minimum Gasteiger partial charge on any atom is -0.418 e. The number of benzene rings is 1. The van der Waals surface area contributed by atoms with Gasteiger partial charge < -0.3 is 4.84 Å². The summed E-state index contributed by atoms with van der Waals surface area (Å²) < 4.78 is 1.68. The summed E-state index contributed by atoms with van der Waals surface area (Å²) in [6, 6.07) is 12.2. The Labute approximate surface area is 77.3 Å². The van der Waals surface area contributed by atoms with Gasteiger partial charge in [-0.25, -0.2) is 0 Å². The molecule has 13 heavy (non-hydrogen) atoms. The smallest absolute Gasteiger partial charge is 0.104 e. The van der Waals surface area contributed by atoms with Gasteiger partial charge in [-0.3, -0.25) is 0 Å². The van der Waals surface area contributed by atoms with E-state index in [1.807, 2.05) is 36.7 Å². The highest BCUT2D eigenvalue weighted by molar-refractivity contribution is 5.62. The lowest BCUT2D eigenvalue weighted by Crippen LogP contribution is -2.00. The van der Waals surface area contributed by atoms with Crippen molar-refractivity contribution < 1.29 is 4.84 Å². The van der Waals surface area contributed by atoms with Crippen molar-refractivity contribution in [1.29, 1.82) is 0 Å². The molecule has 0 aliphatic rings. The number of hydrogen-bond acceptors (Lipinski definition) is 1. The average molecular weight is 173 g/mol. The summed E-state index contributed by atoms with van der Waals surface area (Å²) in [7, 11) is 1.65. The molecule has 1 aromatic carbocycles. The van der Waals surface area contributed by atoms with E-state index in [-0.39, 0.29) is 0 Å². The van der Waals surface area contributed by atoms with Crippen molar-refractivity contribution in [2.45, 2.75) is 0 Å². The van der Waals surface area contributed by atoms with E-state index in [0.717, 1.165) is 0 Å². The van der Waals surface area contributed by atoms with Crippen molar-refractivity contribution in [3.8, 4) is 11.1 Å². The number of aromatic nitrogens is 1. The van der Waals surface area contributed by atoms with Crippen molar-refractivity contribution >= 4 is 0 Å². The maximum absolute atomic E-state index is 5.03. The second-order valence-corrected chi connectivity index (χ2v) is 2.81. The summed E-state index contributed by atoms with van der Waals surface area (Å²) in [6.07, 6.45) is 3.84. The highest BCUT2D eigenvalue weighted by atomic mass is 16.6. The third kappa shape index (κ3) is 1.56. The zero-order valence-electron chi connectivity index (χ0n) is 7.47. The van der Waals surface area contributed by atoms with Crippen LogP contribution in [0.2, 0.25) is 0 Å². The Bertz CT molecular complexity index is 378. The topological polar surface area (TPSA) is 14.2 Å². The van der Waals surface area contributed by atoms with Crippen LogP contribution in [0.4, 0.5) is 0 Å². The molecule has 0 saturated carbocycles. The van der Waals surface area contributed by atoms with Crippen LogP contribution in [0.5, 0.6) is 0 Å². The molecule has 0 spiro atoms. The Kier molecular flexibility index (Phi) is 2.04. The maximum Gasteiger partial charge on any atom is 0.104 e. The van der Waals surface area contributed by atoms with Gasteiger partial charge in [0, 0.05) is 11.8 Å². The minimum absolute atomic E-state index is 1.17. The van der Waals surface area contributed by atoms with E-state index in [2.05, 4.69) is 12.1 Å². The molecule has 0 aliphatic heterocycles. The van der Waals surface area contributed by atoms with Crippen LogP contribution < -0.4 is 4.84 Å². The molecular weight excluding hydrogens is 162 g/mol. The van der Waals surface area contributed by atoms with E-state index < -0.39 is 0 Å². The summed E-state index contributed by atoms with van der Waals surface area (Å²) in [5.74, 6) is 0. The van der Waals surface area contributed by atoms with E-state index in [0.29, 0.717) is 0 Å². The Morgan fingerprint density at radius 1 is 1.00 bits per heavy atom. The second kappa shape index (κ2) is 3.35. The summed E-state index contributed by atoms with van der Waals surface area (Å²) in [6.45, 7) is 0. The molecule has 0 aliphatic carbocycles. The number of hydrogen-bond donors (Lipinski definition) is 0. The molecule has 66 valence electrons. The Morgan fingerprint density at radius 2 is 1.77 bits per heavy atom. The number of rotatable bonds is 2. The first-order valence-corrected chi connectivity index (χ1v) is 4.18. The largest absolute Gasteiger partial charge is 0.418 e. The lowest BCUT2D eigenvalue weighted by Gasteiger charge is -1.97. The summed E-state index contributed by atoms with van der Waals surface area (Å²) in [5.41, 5.74) is 2.38. The number of nitrogens with zero attached hydrogens (tertiary/aromatic N) is 1. The molecule has 0 amide bonds. The predicted molar refractivity (Wildman–Crippen MR) is 52.4 cm³/mol. The fourth-order valence-corrected chi connectivity index (χ4v) is 1.29. The SMILES string of the molecule is COn1ccc(-c2ccccc2)c1. The van der Waals surface area contributed by atoms with E-state index in [1.165, 1.54) is 11.1 Å². The molecule has 0 N–H and O–H groups in total. The minimum atomic E-state index is 1.17. The van der Waals surface area contributed by atoms with Gasteiger partial charge >= 0.3 is 0 Å². The fourth-order valence-electron chi connectivity index (χ4n) is 1.29. The van der Waals surface area contributed by atoms with Gasteiger partial charge in [0.15, 0.2) is 0 Å². The van der Waals surface area contributed by atoms with Crippen LogP contribution in [0.15, 0.2) is 48.8 Å². The molecule has 0 atom stereocenters. The van der Waals surface area contributed by atoms with Gasteiger partial charge in [0.25, 0.3) is 0 Å². The molecular formula is C11H11NO. The molecule has 0 unspecified atom stereocenters. The highest BCUT2D eigenvalue weighted by Gasteiger charge is 1.97. The van der Waals surface area contributed by atoms with Crippen molar-refractivity contribution in [1.82, 2.24) is 4.73 Å². The molecule has 0 radical (unpaired) electrons. The lowest BCUT2D eigenvalue weighted by atomic mass is 10.1. The van der Waals surface area contributed by atoms with Gasteiger partial charge in [0.05, 0.1) is 6.20 Å². The fraction of sp³-hybridized carbons (Fsp3) is 0.0909. The molecule has 1 aromatic heterocycles. The molecule has 2 nitrogen and oxygen atoms in total. The summed E-state index contributed by atoms with van der Waals surface area (Å²) >= 11 is 0. The van der Waals surface area contributed by atoms with Crippen LogP contribution in [0, 0.1) is 0 Å². The van der Waals surface area contributed by atoms with Gasteiger partial charge in [-0.2, -0.15) is 4.73 Å². The Hall–Kier alpha value is -1.70. The zero-order valence-corrected chi connectivity index (χ0v) is 7.47. The van der Waals surface area contributed by atoms with Crippen LogP contribution in [-0.4, -0.2) is 11.8 Å². The van der Waals surface area contributed by atoms with Gasteiger partial charge in [-0.1, -0.05) is 30.3 Å². The normalized spacial score (nSPS) is 9.92. The van der Waals surface area contributed by atoms with E-state index in [1.54, 1.807) is 11.8 Å². The molecule has 0 fully saturated rings. The summed E-state index contributed by atoms with van der Waals surface area (Å²) in [5, 5.41) is 0. The summed E-state index contributed by atoms with van der Waals surface area (Å²) in [4.78, 5) is 5.03. The van der Waals surface area contributed by atoms with Crippen molar-refractivity contribution in [3.05, 3.63) is 48.8 Å². The zero-order chi connectivity index (χ0) is 9.10. The van der Waals surface area contributed by atoms with Gasteiger partial charge in [-0.15, -0.1) is 0 Å². The van der Waals surface area contributed by atoms with Crippen LogP contribution in [-0.2, 0) is 0 Å². The van der Waals surface area contributed by atoms with E-state index in [4.69, 9.17) is 4.84 Å². The van der Waals surface area contributed by atoms with E-state index >= 15 is 0 Å². The van der Waals surface area contributed by atoms with Gasteiger partial charge in [0.1, 0.15) is 7.11 Å². The van der Waals surface area contributed by atoms with Crippen molar-refractivity contribution in [2.75, 3.05) is 7.11 Å². The molecule has 2 heteroatoms. The third-order valence-electron chi connectivity index (χ3n) is 1.99. The molecule has 2 rings (SSSR count). The first kappa shape index (κ1) is 7.92. The van der Waals surface area contributed by atoms with Crippen LogP contribution in [0.3, 0.4) is 0 Å². The van der Waals surface area contributed by atoms with Crippen LogP contribution in [0.25, 0.3) is 11.1 Å². The maximum atomic E-state index is 5.03. The average Bonchev–Trinajstić information content (AvgIpc) is 2.67. The highest BCUT2D eigenvalue weighted by Crippen LogP contribution is 2.18. The Balaban J connectivity index is 2.36. The lowest BCUT2D eigenvalue weighted by molar-refractivity contribution is 0.168. The van der Waals surface area contributed by atoms with Crippen LogP contribution in [0.1, 0.15) is 0 Å². The molecule has 0 bridgehead atoms. The standard InChI is InChI=1S/C11H11NO/c1-13-12-8-7-11(9-12)10-5-3-2-4-6-10/h2-9H,1H3. The Morgan fingerprint density at radius 3 is 2.38 bits per heavy atom. The predicted octanol–water partition coefficient (Wildman–Crippen LogP) is 2.21. The van der Waals surface area contributed by atoms with Crippen molar-refractivity contribution in [3.63, 3.8) is 0 Å². The van der Waals surface area contributed by atoms with Gasteiger partial charge in [-0.05, 0) is 11.6 Å². The quantitative estimate of drug-likeness (QED) is 0.679. The third-order valence-corrected chi connectivity index (χ3v) is 1.99. The first-order chi connectivity index (χ1) is 6.40. The van der Waals surface area contributed by atoms with Gasteiger partial charge in [0.2, 0.25) is 0 Å². The van der Waals surface area contributed by atoms with Crippen LogP contribution >= 0.6 is 0 Å². The first-order valence-electron chi connectivity index (χ1n) is 4.18. The second-order valence-electron chi connectivity index (χ2n) is 2.81. The molecule has 1 heterocycles.